The van der Waals surface area contributed by atoms with Crippen molar-refractivity contribution in [2.24, 2.45) is 0 Å². The van der Waals surface area contributed by atoms with Gasteiger partial charge in [0, 0.05) is 23.0 Å². The quantitative estimate of drug-likeness (QED) is 0.726. The summed E-state index contributed by atoms with van der Waals surface area (Å²) in [6.45, 7) is 13.5. The highest BCUT2D eigenvalue weighted by atomic mass is 16.5. The number of furan rings is 1. The fourth-order valence-electron chi connectivity index (χ4n) is 3.29. The molecule has 0 unspecified atom stereocenters. The van der Waals surface area contributed by atoms with E-state index in [1.165, 1.54) is 0 Å². The summed E-state index contributed by atoms with van der Waals surface area (Å²) in [4.78, 5) is 26.7. The first-order valence-corrected chi connectivity index (χ1v) is 9.11. The Labute approximate surface area is 155 Å². The number of ether oxygens (including phenoxy) is 1. The Morgan fingerprint density at radius 1 is 1.08 bits per heavy atom. The third-order valence-corrected chi connectivity index (χ3v) is 4.70. The van der Waals surface area contributed by atoms with E-state index < -0.39 is 12.1 Å². The van der Waals surface area contributed by atoms with Gasteiger partial charge in [-0.2, -0.15) is 0 Å². The molecule has 1 heterocycles. The summed E-state index contributed by atoms with van der Waals surface area (Å²) in [6.07, 6.45) is 0.866. The molecular weight excluding hydrogens is 330 g/mol. The Bertz CT molecular complexity index is 796. The minimum atomic E-state index is -0.811. The van der Waals surface area contributed by atoms with Crippen LogP contribution in [-0.4, -0.2) is 35.0 Å². The highest BCUT2D eigenvalue weighted by Gasteiger charge is 2.28. The Balaban J connectivity index is 2.09. The number of esters is 1. The molecule has 5 heteroatoms. The van der Waals surface area contributed by atoms with Gasteiger partial charge in [-0.25, -0.2) is 0 Å². The second-order valence-corrected chi connectivity index (χ2v) is 7.39. The van der Waals surface area contributed by atoms with E-state index >= 15 is 0 Å². The van der Waals surface area contributed by atoms with Gasteiger partial charge in [-0.05, 0) is 59.6 Å². The van der Waals surface area contributed by atoms with E-state index in [4.69, 9.17) is 9.15 Å². The highest BCUT2D eigenvalue weighted by molar-refractivity contribution is 5.89. The number of benzene rings is 1. The van der Waals surface area contributed by atoms with Gasteiger partial charge in [0.25, 0.3) is 5.91 Å². The number of carbonyl (C=O) groups excluding carboxylic acids is 2. The number of hydrogen-bond acceptors (Lipinski definition) is 4. The monoisotopic (exact) mass is 359 g/mol. The van der Waals surface area contributed by atoms with Gasteiger partial charge in [0.15, 0.2) is 6.10 Å². The number of aryl methyl sites for hydroxylation is 2. The SMILES string of the molecule is Cc1ccc2c(CC(=O)O[C@@H](C)C(=O)N(C(C)C)C(C)C)coc2c1C. The Morgan fingerprint density at radius 3 is 2.27 bits per heavy atom. The van der Waals surface area contributed by atoms with E-state index in [0.717, 1.165) is 27.7 Å². The molecule has 1 amide bonds. The average molecular weight is 359 g/mol. The lowest BCUT2D eigenvalue weighted by Gasteiger charge is -2.32. The van der Waals surface area contributed by atoms with Crippen molar-refractivity contribution in [2.75, 3.05) is 0 Å². The molecular formula is C21H29NO4. The third-order valence-electron chi connectivity index (χ3n) is 4.70. The summed E-state index contributed by atoms with van der Waals surface area (Å²) in [5, 5.41) is 0.912. The summed E-state index contributed by atoms with van der Waals surface area (Å²) in [5.74, 6) is -0.605. The van der Waals surface area contributed by atoms with E-state index in [1.807, 2.05) is 53.7 Å². The average Bonchev–Trinajstić information content (AvgIpc) is 2.93. The first kappa shape index (κ1) is 20.0. The van der Waals surface area contributed by atoms with E-state index in [2.05, 4.69) is 0 Å². The first-order chi connectivity index (χ1) is 12.1. The van der Waals surface area contributed by atoms with Crippen LogP contribution in [0.3, 0.4) is 0 Å². The van der Waals surface area contributed by atoms with Crippen LogP contribution in [0.5, 0.6) is 0 Å². The largest absolute Gasteiger partial charge is 0.464 e. The molecule has 0 bridgehead atoms. The van der Waals surface area contributed by atoms with Crippen molar-refractivity contribution in [3.05, 3.63) is 35.1 Å². The zero-order chi connectivity index (χ0) is 19.6. The molecule has 0 aliphatic carbocycles. The van der Waals surface area contributed by atoms with Crippen molar-refractivity contribution in [3.8, 4) is 0 Å². The van der Waals surface area contributed by atoms with Crippen LogP contribution in [0.4, 0.5) is 0 Å². The molecule has 0 aliphatic heterocycles. The topological polar surface area (TPSA) is 59.8 Å². The lowest BCUT2D eigenvalue weighted by atomic mass is 10.0. The summed E-state index contributed by atoms with van der Waals surface area (Å²) < 4.78 is 11.0. The Morgan fingerprint density at radius 2 is 1.69 bits per heavy atom. The number of amides is 1. The molecule has 26 heavy (non-hydrogen) atoms. The van der Waals surface area contributed by atoms with Gasteiger partial charge < -0.3 is 14.1 Å². The molecule has 142 valence electrons. The molecule has 1 atom stereocenters. The van der Waals surface area contributed by atoms with Gasteiger partial charge in [0.1, 0.15) is 5.58 Å². The smallest absolute Gasteiger partial charge is 0.311 e. The van der Waals surface area contributed by atoms with Gasteiger partial charge in [0.05, 0.1) is 12.7 Å². The van der Waals surface area contributed by atoms with E-state index in [0.29, 0.717) is 0 Å². The van der Waals surface area contributed by atoms with E-state index in [9.17, 15) is 9.59 Å². The van der Waals surface area contributed by atoms with Crippen molar-refractivity contribution in [2.45, 2.75) is 73.1 Å². The molecule has 0 fully saturated rings. The van der Waals surface area contributed by atoms with Crippen LogP contribution in [0, 0.1) is 13.8 Å². The predicted octanol–water partition coefficient (Wildman–Crippen LogP) is 4.17. The van der Waals surface area contributed by atoms with Crippen LogP contribution >= 0.6 is 0 Å². The maximum atomic E-state index is 12.6. The molecule has 1 aromatic carbocycles. The standard InChI is InChI=1S/C21H29NO4/c1-12(2)22(13(3)4)21(24)16(7)26-19(23)10-17-11-25-20-15(6)14(5)8-9-18(17)20/h8-9,11-13,16H,10H2,1-7H3/t16-/m0/s1. The minimum Gasteiger partial charge on any atom is -0.464 e. The fourth-order valence-corrected chi connectivity index (χ4v) is 3.29. The van der Waals surface area contributed by atoms with Crippen molar-refractivity contribution in [1.82, 2.24) is 4.90 Å². The van der Waals surface area contributed by atoms with Crippen LogP contribution < -0.4 is 0 Å². The fraction of sp³-hybridized carbons (Fsp3) is 0.524. The molecule has 0 saturated heterocycles. The van der Waals surface area contributed by atoms with Gasteiger partial charge in [-0.3, -0.25) is 9.59 Å². The second kappa shape index (κ2) is 7.94. The highest BCUT2D eigenvalue weighted by Crippen LogP contribution is 2.27. The number of fused-ring (bicyclic) bond motifs is 1. The summed E-state index contributed by atoms with van der Waals surface area (Å²) in [7, 11) is 0. The van der Waals surface area contributed by atoms with Crippen molar-refractivity contribution in [1.29, 1.82) is 0 Å². The Hall–Kier alpha value is -2.30. The van der Waals surface area contributed by atoms with Crippen LogP contribution in [0.1, 0.15) is 51.3 Å². The normalized spacial score (nSPS) is 12.7. The molecule has 0 N–H and O–H groups in total. The van der Waals surface area contributed by atoms with Crippen LogP contribution in [0.2, 0.25) is 0 Å². The maximum Gasteiger partial charge on any atom is 0.311 e. The van der Waals surface area contributed by atoms with Gasteiger partial charge in [0.2, 0.25) is 0 Å². The minimum absolute atomic E-state index is 0.0488. The molecule has 0 aliphatic rings. The summed E-state index contributed by atoms with van der Waals surface area (Å²) in [5.41, 5.74) is 3.78. The third kappa shape index (κ3) is 4.09. The number of rotatable bonds is 6. The summed E-state index contributed by atoms with van der Waals surface area (Å²) in [6, 6.07) is 4.06. The van der Waals surface area contributed by atoms with Crippen LogP contribution in [-0.2, 0) is 20.7 Å². The zero-order valence-corrected chi connectivity index (χ0v) is 16.8. The van der Waals surface area contributed by atoms with Gasteiger partial charge in [-0.15, -0.1) is 0 Å². The molecule has 5 nitrogen and oxygen atoms in total. The van der Waals surface area contributed by atoms with Crippen LogP contribution in [0.25, 0.3) is 11.0 Å². The second-order valence-electron chi connectivity index (χ2n) is 7.39. The predicted molar refractivity (Wildman–Crippen MR) is 102 cm³/mol. The van der Waals surface area contributed by atoms with Crippen LogP contribution in [0.15, 0.2) is 22.8 Å². The summed E-state index contributed by atoms with van der Waals surface area (Å²) >= 11 is 0. The lowest BCUT2D eigenvalue weighted by Crippen LogP contribution is -2.47. The lowest BCUT2D eigenvalue weighted by molar-refractivity contribution is -0.160. The first-order valence-electron chi connectivity index (χ1n) is 9.11. The molecule has 2 rings (SSSR count). The molecule has 0 saturated carbocycles. The van der Waals surface area contributed by atoms with Crippen molar-refractivity contribution < 1.29 is 18.7 Å². The van der Waals surface area contributed by atoms with E-state index in [1.54, 1.807) is 18.1 Å². The van der Waals surface area contributed by atoms with Gasteiger partial charge >= 0.3 is 5.97 Å². The maximum absolute atomic E-state index is 12.6. The number of hydrogen-bond donors (Lipinski definition) is 0. The van der Waals surface area contributed by atoms with Crippen molar-refractivity contribution in [3.63, 3.8) is 0 Å². The number of nitrogens with zero attached hydrogens (tertiary/aromatic N) is 1. The molecule has 2 aromatic rings. The van der Waals surface area contributed by atoms with Gasteiger partial charge in [-0.1, -0.05) is 12.1 Å². The number of carbonyl (C=O) groups is 2. The zero-order valence-electron chi connectivity index (χ0n) is 16.8. The van der Waals surface area contributed by atoms with Crippen molar-refractivity contribution >= 4 is 22.8 Å². The molecule has 0 radical (unpaired) electrons. The van der Waals surface area contributed by atoms with E-state index in [-0.39, 0.29) is 24.4 Å². The Kier molecular flexibility index (Phi) is 6.11. The molecule has 1 aromatic heterocycles. The molecule has 0 spiro atoms.